The van der Waals surface area contributed by atoms with Gasteiger partial charge in [-0.3, -0.25) is 0 Å². The Morgan fingerprint density at radius 3 is 3.12 bits per heavy atom. The predicted molar refractivity (Wildman–Crippen MR) is 64.7 cm³/mol. The largest absolute Gasteiger partial charge is 0.495 e. The minimum Gasteiger partial charge on any atom is -0.495 e. The van der Waals surface area contributed by atoms with Gasteiger partial charge in [-0.15, -0.1) is 0 Å². The molecule has 1 aliphatic rings. The van der Waals surface area contributed by atoms with Crippen LogP contribution in [0.3, 0.4) is 0 Å². The number of ether oxygens (including phenoxy) is 1. The molecule has 3 nitrogen and oxygen atoms in total. The van der Waals surface area contributed by atoms with Gasteiger partial charge in [-0.1, -0.05) is 12.1 Å². The number of aromatic amines is 1. The molecule has 0 saturated heterocycles. The van der Waals surface area contributed by atoms with Gasteiger partial charge in [-0.2, -0.15) is 0 Å². The second kappa shape index (κ2) is 3.52. The predicted octanol–water partition coefficient (Wildman–Crippen LogP) is 2.51. The third kappa shape index (κ3) is 1.25. The molecule has 1 aliphatic carbocycles. The van der Waals surface area contributed by atoms with E-state index in [1.54, 1.807) is 7.11 Å². The summed E-state index contributed by atoms with van der Waals surface area (Å²) < 4.78 is 5.37. The van der Waals surface area contributed by atoms with Crippen LogP contribution in [0.1, 0.15) is 30.1 Å². The van der Waals surface area contributed by atoms with E-state index in [1.807, 2.05) is 12.1 Å². The van der Waals surface area contributed by atoms with Gasteiger partial charge in [0.15, 0.2) is 0 Å². The van der Waals surface area contributed by atoms with Crippen LogP contribution < -0.4 is 10.5 Å². The molecule has 3 heteroatoms. The minimum atomic E-state index is 0.154. The van der Waals surface area contributed by atoms with Crippen LogP contribution in [0.5, 0.6) is 5.75 Å². The van der Waals surface area contributed by atoms with Gasteiger partial charge in [0.05, 0.1) is 12.6 Å². The van der Waals surface area contributed by atoms with Gasteiger partial charge in [0, 0.05) is 17.1 Å². The molecule has 0 fully saturated rings. The SMILES string of the molecule is COc1cccc2c3c([nH]c12)[C@@H](N)CCC3. The number of methoxy groups -OCH3 is 1. The number of aryl methyl sites for hydroxylation is 1. The summed E-state index contributed by atoms with van der Waals surface area (Å²) in [4.78, 5) is 3.44. The van der Waals surface area contributed by atoms with Crippen LogP contribution in [-0.2, 0) is 6.42 Å². The number of para-hydroxylation sites is 1. The Hall–Kier alpha value is -1.48. The summed E-state index contributed by atoms with van der Waals surface area (Å²) in [5.74, 6) is 0.902. The molecule has 3 rings (SSSR count). The van der Waals surface area contributed by atoms with Crippen LogP contribution in [0.2, 0.25) is 0 Å². The molecule has 16 heavy (non-hydrogen) atoms. The fourth-order valence-electron chi connectivity index (χ4n) is 2.67. The molecule has 2 aromatic rings. The number of H-pyrrole nitrogens is 1. The third-order valence-corrected chi connectivity index (χ3v) is 3.47. The van der Waals surface area contributed by atoms with Crippen LogP contribution in [-0.4, -0.2) is 12.1 Å². The molecule has 1 aromatic carbocycles. The van der Waals surface area contributed by atoms with E-state index >= 15 is 0 Å². The third-order valence-electron chi connectivity index (χ3n) is 3.47. The normalized spacial score (nSPS) is 19.8. The summed E-state index contributed by atoms with van der Waals surface area (Å²) in [6, 6.07) is 6.32. The Balaban J connectivity index is 2.31. The molecular weight excluding hydrogens is 200 g/mol. The van der Waals surface area contributed by atoms with E-state index < -0.39 is 0 Å². The average molecular weight is 216 g/mol. The van der Waals surface area contributed by atoms with E-state index in [9.17, 15) is 0 Å². The van der Waals surface area contributed by atoms with Crippen molar-refractivity contribution in [3.05, 3.63) is 29.5 Å². The summed E-state index contributed by atoms with van der Waals surface area (Å²) in [5, 5.41) is 1.27. The Bertz CT molecular complexity index is 530. The van der Waals surface area contributed by atoms with Gasteiger partial charge < -0.3 is 15.5 Å². The van der Waals surface area contributed by atoms with E-state index in [0.29, 0.717) is 0 Å². The van der Waals surface area contributed by atoms with E-state index in [-0.39, 0.29) is 6.04 Å². The van der Waals surface area contributed by atoms with E-state index in [0.717, 1.165) is 24.1 Å². The van der Waals surface area contributed by atoms with Crippen LogP contribution in [0.15, 0.2) is 18.2 Å². The maximum atomic E-state index is 6.13. The second-order valence-corrected chi connectivity index (χ2v) is 4.40. The minimum absolute atomic E-state index is 0.154. The smallest absolute Gasteiger partial charge is 0.142 e. The molecule has 0 saturated carbocycles. The lowest BCUT2D eigenvalue weighted by Crippen LogP contribution is -2.16. The maximum absolute atomic E-state index is 6.13. The number of hydrogen-bond acceptors (Lipinski definition) is 2. The summed E-state index contributed by atoms with van der Waals surface area (Å²) in [6.45, 7) is 0. The first-order chi connectivity index (χ1) is 7.81. The topological polar surface area (TPSA) is 51.0 Å². The number of hydrogen-bond donors (Lipinski definition) is 2. The van der Waals surface area contributed by atoms with E-state index in [1.165, 1.54) is 23.1 Å². The number of aromatic nitrogens is 1. The highest BCUT2D eigenvalue weighted by Gasteiger charge is 2.22. The van der Waals surface area contributed by atoms with Crippen molar-refractivity contribution in [3.63, 3.8) is 0 Å². The Kier molecular flexibility index (Phi) is 2.14. The summed E-state index contributed by atoms with van der Waals surface area (Å²) in [7, 11) is 1.70. The molecule has 0 spiro atoms. The lowest BCUT2D eigenvalue weighted by atomic mass is 9.92. The van der Waals surface area contributed by atoms with E-state index in [2.05, 4.69) is 11.1 Å². The van der Waals surface area contributed by atoms with Crippen molar-refractivity contribution in [2.24, 2.45) is 5.73 Å². The number of benzene rings is 1. The van der Waals surface area contributed by atoms with Crippen LogP contribution in [0, 0.1) is 0 Å². The van der Waals surface area contributed by atoms with Gasteiger partial charge in [-0.25, -0.2) is 0 Å². The molecule has 1 atom stereocenters. The molecule has 3 N–H and O–H groups in total. The molecule has 0 aliphatic heterocycles. The molecular formula is C13H16N2O. The molecule has 84 valence electrons. The number of rotatable bonds is 1. The molecule has 0 amide bonds. The first kappa shape index (κ1) is 9.73. The van der Waals surface area contributed by atoms with Crippen LogP contribution >= 0.6 is 0 Å². The van der Waals surface area contributed by atoms with Gasteiger partial charge in [0.1, 0.15) is 5.75 Å². The quantitative estimate of drug-likeness (QED) is 0.769. The zero-order chi connectivity index (χ0) is 11.1. The maximum Gasteiger partial charge on any atom is 0.142 e. The van der Waals surface area contributed by atoms with Gasteiger partial charge in [-0.05, 0) is 30.9 Å². The van der Waals surface area contributed by atoms with Crippen molar-refractivity contribution < 1.29 is 4.74 Å². The summed E-state index contributed by atoms with van der Waals surface area (Å²) in [5.41, 5.74) is 9.80. The molecule has 0 radical (unpaired) electrons. The van der Waals surface area contributed by atoms with E-state index in [4.69, 9.17) is 10.5 Å². The van der Waals surface area contributed by atoms with Crippen molar-refractivity contribution >= 4 is 10.9 Å². The van der Waals surface area contributed by atoms with Crippen molar-refractivity contribution in [2.75, 3.05) is 7.11 Å². The fourth-order valence-corrected chi connectivity index (χ4v) is 2.67. The zero-order valence-corrected chi connectivity index (χ0v) is 9.42. The van der Waals surface area contributed by atoms with Gasteiger partial charge in [0.25, 0.3) is 0 Å². The second-order valence-electron chi connectivity index (χ2n) is 4.40. The highest BCUT2D eigenvalue weighted by atomic mass is 16.5. The zero-order valence-electron chi connectivity index (χ0n) is 9.42. The first-order valence-electron chi connectivity index (χ1n) is 5.74. The molecule has 0 unspecified atom stereocenters. The van der Waals surface area contributed by atoms with Crippen molar-refractivity contribution in [2.45, 2.75) is 25.3 Å². The lowest BCUT2D eigenvalue weighted by Gasteiger charge is -2.18. The lowest BCUT2D eigenvalue weighted by molar-refractivity contribution is 0.419. The highest BCUT2D eigenvalue weighted by Crippen LogP contribution is 2.36. The number of nitrogens with one attached hydrogen (secondary N) is 1. The van der Waals surface area contributed by atoms with Crippen molar-refractivity contribution in [3.8, 4) is 5.75 Å². The summed E-state index contributed by atoms with van der Waals surface area (Å²) in [6.07, 6.45) is 3.37. The molecule has 1 aromatic heterocycles. The highest BCUT2D eigenvalue weighted by molar-refractivity contribution is 5.90. The molecule has 0 bridgehead atoms. The molecule has 1 heterocycles. The van der Waals surface area contributed by atoms with Gasteiger partial charge >= 0.3 is 0 Å². The van der Waals surface area contributed by atoms with Gasteiger partial charge in [0.2, 0.25) is 0 Å². The van der Waals surface area contributed by atoms with Crippen LogP contribution in [0.25, 0.3) is 10.9 Å². The Morgan fingerprint density at radius 1 is 1.44 bits per heavy atom. The number of fused-ring (bicyclic) bond motifs is 3. The summed E-state index contributed by atoms with van der Waals surface area (Å²) >= 11 is 0. The monoisotopic (exact) mass is 216 g/mol. The first-order valence-corrected chi connectivity index (χ1v) is 5.74. The standard InChI is InChI=1S/C13H16N2O/c1-16-11-7-3-5-9-8-4-2-6-10(14)12(8)15-13(9)11/h3,5,7,10,15H,2,4,6,14H2,1H3/t10-/m0/s1. The average Bonchev–Trinajstić information content (AvgIpc) is 2.69. The van der Waals surface area contributed by atoms with Crippen molar-refractivity contribution in [1.82, 2.24) is 4.98 Å². The number of nitrogens with two attached hydrogens (primary N) is 1. The van der Waals surface area contributed by atoms with Crippen molar-refractivity contribution in [1.29, 1.82) is 0 Å². The Morgan fingerprint density at radius 2 is 2.31 bits per heavy atom. The Labute approximate surface area is 94.6 Å². The van der Waals surface area contributed by atoms with Crippen LogP contribution in [0.4, 0.5) is 0 Å². The fraction of sp³-hybridized carbons (Fsp3) is 0.385.